The van der Waals surface area contributed by atoms with Crippen LogP contribution >= 0.6 is 0 Å². The van der Waals surface area contributed by atoms with Crippen molar-refractivity contribution >= 4 is 5.97 Å². The molecule has 0 saturated heterocycles. The van der Waals surface area contributed by atoms with Gasteiger partial charge in [0.2, 0.25) is 0 Å². The van der Waals surface area contributed by atoms with Gasteiger partial charge in [0.05, 0.1) is 0 Å². The molecule has 3 heteroatoms. The molecule has 1 N–H and O–H groups in total. The Labute approximate surface area is 66.7 Å². The van der Waals surface area contributed by atoms with Crippen LogP contribution in [0.2, 0.25) is 0 Å². The highest BCUT2D eigenvalue weighted by molar-refractivity contribution is 5.70. The van der Waals surface area contributed by atoms with Crippen molar-refractivity contribution in [2.45, 2.75) is 33.1 Å². The van der Waals surface area contributed by atoms with E-state index in [4.69, 9.17) is 5.11 Å². The van der Waals surface area contributed by atoms with Crippen molar-refractivity contribution in [3.05, 3.63) is 12.0 Å². The van der Waals surface area contributed by atoms with E-state index in [1.54, 1.807) is 6.92 Å². The Morgan fingerprint density at radius 2 is 2.27 bits per heavy atom. The van der Waals surface area contributed by atoms with Gasteiger partial charge in [-0.1, -0.05) is 13.3 Å². The third-order valence-electron chi connectivity index (χ3n) is 1.20. The number of carbonyl (C=O) groups excluding carboxylic acids is 1. The summed E-state index contributed by atoms with van der Waals surface area (Å²) >= 11 is 0. The highest BCUT2D eigenvalue weighted by atomic mass is 16.6. The first-order valence-electron chi connectivity index (χ1n) is 3.76. The fourth-order valence-corrected chi connectivity index (χ4v) is 0.548. The summed E-state index contributed by atoms with van der Waals surface area (Å²) in [4.78, 5) is 10.7. The third kappa shape index (κ3) is 5.45. The second-order valence-corrected chi connectivity index (χ2v) is 2.20. The standard InChI is InChI=1S/C8H14O3/c1-3-5-6-8(10)11-7(9)4-2/h4,9H,3,5-6H2,1-2H3/b7-4+. The lowest BCUT2D eigenvalue weighted by atomic mass is 10.3. The maximum atomic E-state index is 10.7. The van der Waals surface area contributed by atoms with Crippen molar-refractivity contribution in [2.24, 2.45) is 0 Å². The molecule has 0 heterocycles. The zero-order valence-electron chi connectivity index (χ0n) is 6.96. The molecule has 0 aliphatic heterocycles. The molecule has 0 amide bonds. The quantitative estimate of drug-likeness (QED) is 0.503. The van der Waals surface area contributed by atoms with Crippen LogP contribution in [0, 0.1) is 0 Å². The number of ether oxygens (including phenoxy) is 1. The summed E-state index contributed by atoms with van der Waals surface area (Å²) < 4.78 is 4.48. The van der Waals surface area contributed by atoms with E-state index in [0.717, 1.165) is 12.8 Å². The van der Waals surface area contributed by atoms with Crippen LogP contribution in [0.1, 0.15) is 33.1 Å². The summed E-state index contributed by atoms with van der Waals surface area (Å²) in [5.41, 5.74) is 0. The van der Waals surface area contributed by atoms with Crippen LogP contribution in [-0.4, -0.2) is 11.1 Å². The molecular weight excluding hydrogens is 144 g/mol. The Bertz CT molecular complexity index is 149. The van der Waals surface area contributed by atoms with Crippen LogP contribution in [-0.2, 0) is 9.53 Å². The Morgan fingerprint density at radius 3 is 2.73 bits per heavy atom. The Kier molecular flexibility index (Phi) is 5.25. The molecule has 3 nitrogen and oxygen atoms in total. The second-order valence-electron chi connectivity index (χ2n) is 2.20. The molecule has 0 atom stereocenters. The second kappa shape index (κ2) is 5.77. The van der Waals surface area contributed by atoms with Crippen molar-refractivity contribution in [3.8, 4) is 0 Å². The summed E-state index contributed by atoms with van der Waals surface area (Å²) in [7, 11) is 0. The van der Waals surface area contributed by atoms with Gasteiger partial charge in [0.1, 0.15) is 0 Å². The van der Waals surface area contributed by atoms with E-state index in [1.807, 2.05) is 6.92 Å². The molecule has 64 valence electrons. The Morgan fingerprint density at radius 1 is 1.64 bits per heavy atom. The van der Waals surface area contributed by atoms with Crippen molar-refractivity contribution in [1.82, 2.24) is 0 Å². The summed E-state index contributed by atoms with van der Waals surface area (Å²) in [6.07, 6.45) is 3.46. The summed E-state index contributed by atoms with van der Waals surface area (Å²) in [6.45, 7) is 3.59. The number of hydrogen-bond donors (Lipinski definition) is 1. The lowest BCUT2D eigenvalue weighted by molar-refractivity contribution is -0.143. The summed E-state index contributed by atoms with van der Waals surface area (Å²) in [5.74, 6) is -0.687. The van der Waals surface area contributed by atoms with Crippen LogP contribution in [0.15, 0.2) is 12.0 Å². The molecule has 0 aromatic carbocycles. The molecule has 0 aromatic heterocycles. The molecule has 0 aromatic rings. The van der Waals surface area contributed by atoms with E-state index in [1.165, 1.54) is 6.08 Å². The van der Waals surface area contributed by atoms with Crippen LogP contribution in [0.5, 0.6) is 0 Å². The van der Waals surface area contributed by atoms with E-state index in [0.29, 0.717) is 6.42 Å². The molecule has 0 aliphatic carbocycles. The van der Waals surface area contributed by atoms with E-state index in [-0.39, 0.29) is 11.9 Å². The maximum Gasteiger partial charge on any atom is 0.313 e. The monoisotopic (exact) mass is 158 g/mol. The predicted octanol–water partition coefficient (Wildman–Crippen LogP) is 2.14. The number of hydrogen-bond acceptors (Lipinski definition) is 3. The number of allylic oxidation sites excluding steroid dienone is 1. The number of rotatable bonds is 4. The number of aliphatic hydroxyl groups is 1. The van der Waals surface area contributed by atoms with E-state index in [9.17, 15) is 4.79 Å². The normalized spacial score (nSPS) is 11.3. The van der Waals surface area contributed by atoms with Gasteiger partial charge >= 0.3 is 5.97 Å². The maximum absolute atomic E-state index is 10.7. The van der Waals surface area contributed by atoms with Crippen LogP contribution in [0.25, 0.3) is 0 Å². The topological polar surface area (TPSA) is 46.5 Å². The zero-order valence-corrected chi connectivity index (χ0v) is 6.96. The number of esters is 1. The van der Waals surface area contributed by atoms with Gasteiger partial charge in [0.25, 0.3) is 5.95 Å². The first-order chi connectivity index (χ1) is 5.20. The van der Waals surface area contributed by atoms with Crippen molar-refractivity contribution in [2.75, 3.05) is 0 Å². The highest BCUT2D eigenvalue weighted by Gasteiger charge is 2.02. The number of unbranched alkanes of at least 4 members (excludes halogenated alkanes) is 1. The fourth-order valence-electron chi connectivity index (χ4n) is 0.548. The molecule has 0 spiro atoms. The van der Waals surface area contributed by atoms with Gasteiger partial charge in [-0.15, -0.1) is 0 Å². The molecular formula is C8H14O3. The molecule has 0 radical (unpaired) electrons. The van der Waals surface area contributed by atoms with E-state index in [2.05, 4.69) is 4.74 Å². The minimum atomic E-state index is -0.373. The lowest BCUT2D eigenvalue weighted by Gasteiger charge is -2.00. The van der Waals surface area contributed by atoms with E-state index >= 15 is 0 Å². The van der Waals surface area contributed by atoms with Gasteiger partial charge in [-0.25, -0.2) is 0 Å². The first-order valence-corrected chi connectivity index (χ1v) is 3.76. The van der Waals surface area contributed by atoms with Gasteiger partial charge in [-0.3, -0.25) is 4.79 Å². The van der Waals surface area contributed by atoms with Crippen LogP contribution in [0.3, 0.4) is 0 Å². The van der Waals surface area contributed by atoms with Gasteiger partial charge in [0, 0.05) is 6.42 Å². The molecule has 0 rings (SSSR count). The highest BCUT2D eigenvalue weighted by Crippen LogP contribution is 1.99. The first kappa shape index (κ1) is 10.0. The average Bonchev–Trinajstić information content (AvgIpc) is 2.00. The smallest absolute Gasteiger partial charge is 0.313 e. The Hall–Kier alpha value is -0.990. The fraction of sp³-hybridized carbons (Fsp3) is 0.625. The molecule has 0 aliphatic rings. The van der Waals surface area contributed by atoms with Crippen LogP contribution in [0.4, 0.5) is 0 Å². The number of aliphatic hydroxyl groups excluding tert-OH is 1. The molecule has 0 saturated carbocycles. The van der Waals surface area contributed by atoms with Gasteiger partial charge in [-0.05, 0) is 19.4 Å². The molecule has 0 bridgehead atoms. The zero-order chi connectivity index (χ0) is 8.69. The van der Waals surface area contributed by atoms with Crippen molar-refractivity contribution in [3.63, 3.8) is 0 Å². The average molecular weight is 158 g/mol. The van der Waals surface area contributed by atoms with Crippen LogP contribution < -0.4 is 0 Å². The third-order valence-corrected chi connectivity index (χ3v) is 1.20. The Balaban J connectivity index is 3.53. The van der Waals surface area contributed by atoms with Gasteiger partial charge in [0.15, 0.2) is 0 Å². The SMILES string of the molecule is C/C=C(\O)OC(=O)CCCC. The summed E-state index contributed by atoms with van der Waals surface area (Å²) in [5, 5.41) is 8.75. The van der Waals surface area contributed by atoms with Gasteiger partial charge < -0.3 is 9.84 Å². The van der Waals surface area contributed by atoms with Crippen molar-refractivity contribution < 1.29 is 14.6 Å². The minimum absolute atomic E-state index is 0.314. The number of carbonyl (C=O) groups is 1. The van der Waals surface area contributed by atoms with Gasteiger partial charge in [-0.2, -0.15) is 0 Å². The minimum Gasteiger partial charge on any atom is -0.481 e. The van der Waals surface area contributed by atoms with E-state index < -0.39 is 0 Å². The molecule has 11 heavy (non-hydrogen) atoms. The van der Waals surface area contributed by atoms with Crippen molar-refractivity contribution in [1.29, 1.82) is 0 Å². The predicted molar refractivity (Wildman–Crippen MR) is 42.0 cm³/mol. The molecule has 0 fully saturated rings. The lowest BCUT2D eigenvalue weighted by Crippen LogP contribution is -2.03. The summed E-state index contributed by atoms with van der Waals surface area (Å²) in [6, 6.07) is 0. The largest absolute Gasteiger partial charge is 0.481 e. The molecule has 0 unspecified atom stereocenters.